The molecule has 0 fully saturated rings. The van der Waals surface area contributed by atoms with Crippen molar-refractivity contribution in [3.05, 3.63) is 29.8 Å². The van der Waals surface area contributed by atoms with Gasteiger partial charge in [-0.2, -0.15) is 0 Å². The molecule has 1 aromatic rings. The van der Waals surface area contributed by atoms with E-state index in [1.165, 1.54) is 11.3 Å². The van der Waals surface area contributed by atoms with Gasteiger partial charge in [0.1, 0.15) is 0 Å². The Bertz CT molecular complexity index is 369. The molecule has 0 spiro atoms. The second kappa shape index (κ2) is 3.24. The number of para-hydroxylation sites is 1. The fourth-order valence-electron chi connectivity index (χ4n) is 3.13. The molecule has 82 valence electrons. The Morgan fingerprint density at radius 2 is 1.93 bits per heavy atom. The van der Waals surface area contributed by atoms with Crippen molar-refractivity contribution in [2.45, 2.75) is 38.3 Å². The molecule has 2 heteroatoms. The lowest BCUT2D eigenvalue weighted by Crippen LogP contribution is -2.50. The Hall–Kier alpha value is -1.02. The minimum atomic E-state index is 0.138. The lowest BCUT2D eigenvalue weighted by molar-refractivity contribution is 0.381. The van der Waals surface area contributed by atoms with E-state index in [0.29, 0.717) is 6.04 Å². The number of likely N-dealkylation sites (N-methyl/N-ethyl adjacent to an activating group) is 1. The minimum absolute atomic E-state index is 0.138. The van der Waals surface area contributed by atoms with Crippen LogP contribution in [-0.4, -0.2) is 19.1 Å². The summed E-state index contributed by atoms with van der Waals surface area (Å²) in [6.45, 7) is 6.65. The molecule has 0 saturated carbocycles. The van der Waals surface area contributed by atoms with Crippen molar-refractivity contribution in [2.24, 2.45) is 5.73 Å². The van der Waals surface area contributed by atoms with Crippen LogP contribution in [0, 0.1) is 0 Å². The number of anilines is 1. The van der Waals surface area contributed by atoms with Gasteiger partial charge in [-0.25, -0.2) is 0 Å². The van der Waals surface area contributed by atoms with Crippen molar-refractivity contribution < 1.29 is 0 Å². The molecule has 0 aliphatic carbocycles. The van der Waals surface area contributed by atoms with Crippen LogP contribution in [0.3, 0.4) is 0 Å². The van der Waals surface area contributed by atoms with Gasteiger partial charge in [-0.15, -0.1) is 0 Å². The summed E-state index contributed by atoms with van der Waals surface area (Å²) in [5, 5.41) is 0. The van der Waals surface area contributed by atoms with Crippen LogP contribution in [0.1, 0.15) is 26.3 Å². The normalized spacial score (nSPS) is 25.1. The van der Waals surface area contributed by atoms with E-state index in [4.69, 9.17) is 5.73 Å². The molecule has 0 amide bonds. The van der Waals surface area contributed by atoms with Crippen LogP contribution in [0.15, 0.2) is 24.3 Å². The zero-order chi connectivity index (χ0) is 11.2. The molecule has 1 aliphatic heterocycles. The molecule has 0 saturated heterocycles. The molecule has 2 unspecified atom stereocenters. The fraction of sp³-hybridized carbons (Fsp3) is 0.538. The number of nitrogens with zero attached hydrogens (tertiary/aromatic N) is 1. The van der Waals surface area contributed by atoms with Crippen molar-refractivity contribution in [2.75, 3.05) is 11.9 Å². The van der Waals surface area contributed by atoms with Gasteiger partial charge in [-0.05, 0) is 18.6 Å². The second-order valence-corrected chi connectivity index (χ2v) is 5.15. The molecule has 1 heterocycles. The predicted molar refractivity (Wildman–Crippen MR) is 65.3 cm³/mol. The Morgan fingerprint density at radius 3 is 2.47 bits per heavy atom. The van der Waals surface area contributed by atoms with E-state index >= 15 is 0 Å². The van der Waals surface area contributed by atoms with Gasteiger partial charge in [0, 0.05) is 24.2 Å². The highest BCUT2D eigenvalue weighted by Crippen LogP contribution is 2.44. The first-order valence-electron chi connectivity index (χ1n) is 5.54. The van der Waals surface area contributed by atoms with Crippen LogP contribution in [0.4, 0.5) is 5.69 Å². The number of nitrogens with two attached hydrogens (primary N) is 1. The summed E-state index contributed by atoms with van der Waals surface area (Å²) in [5.74, 6) is 0. The largest absolute Gasteiger partial charge is 0.369 e. The summed E-state index contributed by atoms with van der Waals surface area (Å²) >= 11 is 0. The average molecular weight is 204 g/mol. The summed E-state index contributed by atoms with van der Waals surface area (Å²) in [6, 6.07) is 9.16. The zero-order valence-electron chi connectivity index (χ0n) is 9.99. The highest BCUT2D eigenvalue weighted by atomic mass is 15.2. The Labute approximate surface area is 92.1 Å². The Kier molecular flexibility index (Phi) is 2.27. The van der Waals surface area contributed by atoms with E-state index in [2.05, 4.69) is 57.0 Å². The molecule has 0 aromatic heterocycles. The van der Waals surface area contributed by atoms with Crippen LogP contribution < -0.4 is 10.6 Å². The third-order valence-corrected chi connectivity index (χ3v) is 3.63. The Morgan fingerprint density at radius 1 is 1.33 bits per heavy atom. The maximum Gasteiger partial charge on any atom is 0.0527 e. The van der Waals surface area contributed by atoms with Crippen LogP contribution in [0.25, 0.3) is 0 Å². The molecule has 0 bridgehead atoms. The summed E-state index contributed by atoms with van der Waals surface area (Å²) in [5.41, 5.74) is 8.98. The highest BCUT2D eigenvalue weighted by molar-refractivity contribution is 5.63. The first kappa shape index (κ1) is 10.5. The third-order valence-electron chi connectivity index (χ3n) is 3.63. The number of benzene rings is 1. The number of hydrogen-bond acceptors (Lipinski definition) is 2. The number of fused-ring (bicyclic) bond motifs is 1. The van der Waals surface area contributed by atoms with Gasteiger partial charge >= 0.3 is 0 Å². The van der Waals surface area contributed by atoms with Crippen molar-refractivity contribution in [3.8, 4) is 0 Å². The summed E-state index contributed by atoms with van der Waals surface area (Å²) in [7, 11) is 2.14. The molecule has 2 atom stereocenters. The van der Waals surface area contributed by atoms with E-state index in [1.807, 2.05) is 0 Å². The molecular formula is C13H20N2. The van der Waals surface area contributed by atoms with Gasteiger partial charge in [0.05, 0.1) is 6.04 Å². The predicted octanol–water partition coefficient (Wildman–Crippen LogP) is 2.13. The Balaban J connectivity index is 2.54. The maximum atomic E-state index is 6.10. The molecule has 2 nitrogen and oxygen atoms in total. The van der Waals surface area contributed by atoms with Crippen LogP contribution in [-0.2, 0) is 5.41 Å². The monoisotopic (exact) mass is 204 g/mol. The van der Waals surface area contributed by atoms with Crippen LogP contribution in [0.2, 0.25) is 0 Å². The average Bonchev–Trinajstić information content (AvgIpc) is 2.36. The van der Waals surface area contributed by atoms with Crippen molar-refractivity contribution >= 4 is 5.69 Å². The van der Waals surface area contributed by atoms with Gasteiger partial charge in [0.2, 0.25) is 0 Å². The molecule has 2 rings (SSSR count). The van der Waals surface area contributed by atoms with E-state index in [1.54, 1.807) is 0 Å². The van der Waals surface area contributed by atoms with Crippen LogP contribution >= 0.6 is 0 Å². The standard InChI is InChI=1S/C13H20N2/c1-9(14)12-13(2,3)10-7-5-6-8-11(10)15(12)4/h5-9,12H,14H2,1-4H3. The fourth-order valence-corrected chi connectivity index (χ4v) is 3.13. The minimum Gasteiger partial charge on any atom is -0.369 e. The van der Waals surface area contributed by atoms with E-state index in [-0.39, 0.29) is 11.5 Å². The van der Waals surface area contributed by atoms with Gasteiger partial charge in [0.25, 0.3) is 0 Å². The third kappa shape index (κ3) is 1.36. The van der Waals surface area contributed by atoms with Crippen molar-refractivity contribution in [1.29, 1.82) is 0 Å². The van der Waals surface area contributed by atoms with Gasteiger partial charge in [-0.3, -0.25) is 0 Å². The number of hydrogen-bond donors (Lipinski definition) is 1. The molecule has 1 aliphatic rings. The summed E-state index contributed by atoms with van der Waals surface area (Å²) in [6.07, 6.45) is 0. The second-order valence-electron chi connectivity index (χ2n) is 5.15. The van der Waals surface area contributed by atoms with Gasteiger partial charge in [0.15, 0.2) is 0 Å². The van der Waals surface area contributed by atoms with Gasteiger partial charge in [-0.1, -0.05) is 32.0 Å². The maximum absolute atomic E-state index is 6.10. The quantitative estimate of drug-likeness (QED) is 0.759. The smallest absolute Gasteiger partial charge is 0.0527 e. The highest BCUT2D eigenvalue weighted by Gasteiger charge is 2.44. The van der Waals surface area contributed by atoms with E-state index < -0.39 is 0 Å². The van der Waals surface area contributed by atoms with Crippen LogP contribution in [0.5, 0.6) is 0 Å². The molecule has 2 N–H and O–H groups in total. The molecule has 1 aromatic carbocycles. The zero-order valence-corrected chi connectivity index (χ0v) is 9.99. The van der Waals surface area contributed by atoms with E-state index in [0.717, 1.165) is 0 Å². The number of rotatable bonds is 1. The topological polar surface area (TPSA) is 29.3 Å². The first-order valence-corrected chi connectivity index (χ1v) is 5.54. The lowest BCUT2D eigenvalue weighted by Gasteiger charge is -2.35. The van der Waals surface area contributed by atoms with Crippen molar-refractivity contribution in [1.82, 2.24) is 0 Å². The van der Waals surface area contributed by atoms with Gasteiger partial charge < -0.3 is 10.6 Å². The van der Waals surface area contributed by atoms with Crippen molar-refractivity contribution in [3.63, 3.8) is 0 Å². The molecular weight excluding hydrogens is 184 g/mol. The summed E-state index contributed by atoms with van der Waals surface area (Å²) in [4.78, 5) is 2.32. The molecule has 15 heavy (non-hydrogen) atoms. The first-order chi connectivity index (χ1) is 6.96. The SMILES string of the molecule is CC(N)C1N(C)c2ccccc2C1(C)C. The van der Waals surface area contributed by atoms with E-state index in [9.17, 15) is 0 Å². The summed E-state index contributed by atoms with van der Waals surface area (Å²) < 4.78 is 0. The lowest BCUT2D eigenvalue weighted by atomic mass is 9.78. The molecule has 0 radical (unpaired) electrons.